The number of ether oxygens (including phenoxy) is 3. The van der Waals surface area contributed by atoms with Gasteiger partial charge < -0.3 is 38.3 Å². The van der Waals surface area contributed by atoms with Crippen LogP contribution in [-0.4, -0.2) is 58.2 Å². The largest absolute Gasteiger partial charge is 0.569 e. The van der Waals surface area contributed by atoms with E-state index in [1.165, 1.54) is 131 Å². The zero-order chi connectivity index (χ0) is 89.9. The third-order valence-electron chi connectivity index (χ3n) is 22.5. The third-order valence-corrected chi connectivity index (χ3v) is 24.4. The fourth-order valence-electron chi connectivity index (χ4n) is 16.4. The number of aromatic hydroxyl groups is 2. The highest BCUT2D eigenvalue weighted by molar-refractivity contribution is 9.10. The number of rotatable bonds is 9. The fraction of sp³-hybridized carbons (Fsp3) is 0.0893. The van der Waals surface area contributed by atoms with E-state index in [0.29, 0.717) is 24.6 Å². The lowest BCUT2D eigenvalue weighted by Crippen LogP contribution is -2.28. The van der Waals surface area contributed by atoms with Crippen LogP contribution < -0.4 is 23.0 Å². The van der Waals surface area contributed by atoms with E-state index in [1.54, 1.807) is 75.9 Å². The van der Waals surface area contributed by atoms with Gasteiger partial charge in [-0.25, -0.2) is 0 Å². The highest BCUT2D eigenvalue weighted by Crippen LogP contribution is 2.44. The Morgan fingerprint density at radius 3 is 0.915 bits per heavy atom. The average Bonchev–Trinajstić information content (AvgIpc) is 0.776. The molecule has 0 saturated heterocycles. The summed E-state index contributed by atoms with van der Waals surface area (Å²) < 4.78 is 86.4. The Hall–Kier alpha value is -13.9. The van der Waals surface area contributed by atoms with E-state index in [1.807, 2.05) is 116 Å². The van der Waals surface area contributed by atoms with Crippen LogP contribution in [0.3, 0.4) is 0 Å². The second-order valence-corrected chi connectivity index (χ2v) is 33.6. The van der Waals surface area contributed by atoms with Crippen LogP contribution >= 0.6 is 32.9 Å². The van der Waals surface area contributed by atoms with Gasteiger partial charge in [-0.1, -0.05) is 317 Å². The highest BCUT2D eigenvalue weighted by Gasteiger charge is 2.48. The van der Waals surface area contributed by atoms with Gasteiger partial charge in [-0.15, -0.1) is 17.0 Å². The van der Waals surface area contributed by atoms with Crippen molar-refractivity contribution in [2.45, 2.75) is 47.1 Å². The van der Waals surface area contributed by atoms with E-state index >= 15 is 0 Å². The lowest BCUT2D eigenvalue weighted by atomic mass is 9.93. The number of benzene rings is 21. The number of hydrogen-bond donors (Lipinski definition) is 3. The first-order chi connectivity index (χ1) is 61.9. The molecule has 0 bridgehead atoms. The quantitative estimate of drug-likeness (QED) is 0.0554. The molecular weight excluding hydrogens is 1760 g/mol. The van der Waals surface area contributed by atoms with Gasteiger partial charge in [0.05, 0.1) is 21.3 Å². The van der Waals surface area contributed by atoms with Crippen molar-refractivity contribution >= 4 is 180 Å². The molecule has 0 aliphatic heterocycles. The van der Waals surface area contributed by atoms with Crippen LogP contribution in [0.25, 0.3) is 152 Å². The van der Waals surface area contributed by atoms with Crippen LogP contribution in [0.2, 0.25) is 0 Å². The third kappa shape index (κ3) is 20.4. The van der Waals surface area contributed by atoms with Gasteiger partial charge in [-0.05, 0) is 284 Å². The molecule has 0 atom stereocenters. The highest BCUT2D eigenvalue weighted by atomic mass is 79.9. The lowest BCUT2D eigenvalue weighted by Gasteiger charge is -2.13. The summed E-state index contributed by atoms with van der Waals surface area (Å²) in [7, 11) is -0.0999. The number of halogens is 5. The Bertz CT molecular complexity index is 7440. The first-order valence-corrected chi connectivity index (χ1v) is 43.7. The van der Waals surface area contributed by atoms with Crippen molar-refractivity contribution in [2.75, 3.05) is 21.3 Å². The smallest absolute Gasteiger partial charge is 0.537 e. The summed E-state index contributed by atoms with van der Waals surface area (Å²) in [4.78, 5) is 0. The summed E-state index contributed by atoms with van der Waals surface area (Å²) in [5, 5.41) is 55.2. The summed E-state index contributed by atoms with van der Waals surface area (Å²) in [6.07, 6.45) is 0. The van der Waals surface area contributed by atoms with Crippen molar-refractivity contribution in [2.24, 2.45) is 0 Å². The van der Waals surface area contributed by atoms with Crippen molar-refractivity contribution in [3.8, 4) is 62.5 Å². The van der Waals surface area contributed by atoms with E-state index in [9.17, 15) is 31.8 Å². The number of methoxy groups -OCH3 is 3. The van der Waals surface area contributed by atoms with Crippen LogP contribution in [0.4, 0.5) is 13.2 Å². The molecule has 1 radical (unpaired) electrons. The Morgan fingerprint density at radius 2 is 0.558 bits per heavy atom. The summed E-state index contributed by atoms with van der Waals surface area (Å²) in [5.74, 6) is 3.18. The van der Waals surface area contributed by atoms with Gasteiger partial charge in [0.2, 0.25) is 0 Å². The van der Waals surface area contributed by atoms with Crippen molar-refractivity contribution < 1.29 is 59.9 Å². The predicted molar refractivity (Wildman–Crippen MR) is 540 cm³/mol. The number of alkyl halides is 3. The second kappa shape index (κ2) is 40.4. The van der Waals surface area contributed by atoms with Crippen LogP contribution in [0, 0.1) is 41.5 Å². The first-order valence-electron chi connectivity index (χ1n) is 41.5. The molecule has 0 unspecified atom stereocenters. The van der Waals surface area contributed by atoms with E-state index in [-0.39, 0.29) is 34.2 Å². The van der Waals surface area contributed by atoms with Crippen LogP contribution in [0.15, 0.2) is 368 Å². The zero-order valence-corrected chi connectivity index (χ0v) is 76.4. The van der Waals surface area contributed by atoms with Gasteiger partial charge in [0, 0.05) is 10.5 Å². The van der Waals surface area contributed by atoms with Gasteiger partial charge in [-0.3, -0.25) is 0 Å². The van der Waals surface area contributed by atoms with Crippen LogP contribution in [0.5, 0.6) is 40.2 Å². The van der Waals surface area contributed by atoms with Gasteiger partial charge in [-0.2, -0.15) is 21.6 Å². The Balaban J connectivity index is 0.000000124. The van der Waals surface area contributed by atoms with Crippen LogP contribution in [-0.2, 0) is 10.1 Å². The van der Waals surface area contributed by atoms with E-state index < -0.39 is 15.6 Å². The second-order valence-electron chi connectivity index (χ2n) is 31.2. The molecule has 0 heterocycles. The summed E-state index contributed by atoms with van der Waals surface area (Å²) in [6, 6.07) is 121. The van der Waals surface area contributed by atoms with Crippen LogP contribution in [0.1, 0.15) is 33.4 Å². The monoisotopic (exact) mass is 1850 g/mol. The van der Waals surface area contributed by atoms with Gasteiger partial charge in [0.25, 0.3) is 0 Å². The predicted octanol–water partition coefficient (Wildman–Crippen LogP) is 30.7. The summed E-state index contributed by atoms with van der Waals surface area (Å²) >= 11 is 3.40. The van der Waals surface area contributed by atoms with Crippen molar-refractivity contribution in [3.05, 3.63) is 402 Å². The minimum absolute atomic E-state index is 0. The molecule has 21 rings (SSSR count). The molecule has 0 aliphatic rings. The molecule has 0 aromatic heterocycles. The molecule has 129 heavy (non-hydrogen) atoms. The first kappa shape index (κ1) is 91.3. The number of fused-ring (bicyclic) bond motifs is 24. The zero-order valence-electron chi connectivity index (χ0n) is 72.2. The maximum Gasteiger partial charge on any atom is 0.569 e. The number of phenols is 2. The van der Waals surface area contributed by atoms with Gasteiger partial charge in [0.15, 0.2) is 0 Å². The maximum atomic E-state index is 12.6. The van der Waals surface area contributed by atoms with Crippen molar-refractivity contribution in [1.29, 1.82) is 0 Å². The van der Waals surface area contributed by atoms with Gasteiger partial charge >= 0.3 is 23.3 Å². The number of aryl methyl sites for hydroxylation is 6. The van der Waals surface area contributed by atoms with E-state index in [4.69, 9.17) is 23.9 Å². The molecule has 21 aromatic rings. The van der Waals surface area contributed by atoms with Gasteiger partial charge in [0.1, 0.15) is 40.2 Å². The molecule has 0 spiro atoms. The molecule has 0 fully saturated rings. The normalized spacial score (nSPS) is 11.1. The van der Waals surface area contributed by atoms with E-state index in [2.05, 4.69) is 243 Å². The van der Waals surface area contributed by atoms with Crippen molar-refractivity contribution in [3.63, 3.8) is 0 Å². The topological polar surface area (TPSA) is 141 Å². The number of hydrogen-bond acceptors (Lipinski definition) is 10. The maximum absolute atomic E-state index is 12.6. The van der Waals surface area contributed by atoms with E-state index in [0.717, 1.165) is 76.3 Å². The Labute approximate surface area is 766 Å². The molecule has 10 nitrogen and oxygen atoms in total. The SMILES string of the molecule is Br.COc1ccc2c3ccc(C)cc3c3ccccc3c2c1.COc1cccc(-c2ccccc2-c2cccc(C)c2)c1.COc1cccc(O[B]O)c1.Cc1ccc2c3ccc(C)cc3c3ccccc3c2c1.Cc1ccc2c3ccc(OS(=O)(=O)C(F)(F)F)cc3c3ccccc3c2c1.Cc1ccccc1Br.Oc1ccc2c3ccc(O)cc3c3ccccc3c2c1. The number of phenolic OH excluding ortho intramolecular Hbond substituents is 2. The molecule has 0 saturated carbocycles. The molecule has 21 aromatic carbocycles. The fourth-order valence-corrected chi connectivity index (χ4v) is 17.2. The standard InChI is InChI=1S/C20H13F3O3S.C20H16O.C20H18O.C20H16.C18H12O2.C7H8BO3.C7H7Br.BrH/c1-12-6-8-16-17-9-7-13(26-27(24,25)20(21,22)23)11-19(17)15-5-3-2-4-14(15)18(16)10-12;1-13-7-9-17-18-10-8-14(21-2)12-20(18)16-6-4-3-5-15(16)19(17)11-13;1-15-7-5-8-16(13-15)19-11-3-4-12-20(19)17-9-6-10-18(14-17)21-2;1-13-7-9-17-18-10-8-14(2)12-20(18)16-6-4-3-5-15(16)19(17)11-13;19-11-5-7-15-16-8-6-12(20)10-18(16)14-4-2-1-3-13(14)17(15)9-11;1-10-6-3-2-4-7(5-6)11-8-9;1-6-4-2-3-5-7(6)8;/h2-11H,1H3;3-12H,1-2H3;3-14H,1-2H3;3-12H,1-2H3;1-10,19-20H;2-5,9H,1H3;2-5H,1H3;1H. The molecule has 643 valence electrons. The lowest BCUT2D eigenvalue weighted by molar-refractivity contribution is -0.0500. The molecule has 17 heteroatoms. The average molecular weight is 1860 g/mol. The molecule has 0 amide bonds. The van der Waals surface area contributed by atoms with Crippen molar-refractivity contribution in [1.82, 2.24) is 0 Å². The minimum atomic E-state index is -5.72. The summed E-state index contributed by atoms with van der Waals surface area (Å²) in [5.41, 5.74) is 6.97. The molecule has 0 aliphatic carbocycles. The Kier molecular flexibility index (Phi) is 28.6. The Morgan fingerprint density at radius 1 is 0.279 bits per heavy atom. The molecular formula is C112H91BBr2F3O10S. The molecule has 3 N–H and O–H groups in total. The minimum Gasteiger partial charge on any atom is -0.537 e. The summed E-state index contributed by atoms with van der Waals surface area (Å²) in [6.45, 7) is 12.6.